The van der Waals surface area contributed by atoms with E-state index < -0.39 is 19.9 Å². The first-order chi connectivity index (χ1) is 8.86. The predicted octanol–water partition coefficient (Wildman–Crippen LogP) is 1.49. The number of sulfonamides is 1. The molecule has 1 aliphatic carbocycles. The molecule has 112 valence electrons. The quantitative estimate of drug-likeness (QED) is 0.699. The second kappa shape index (κ2) is 5.99. The highest BCUT2D eigenvalue weighted by Crippen LogP contribution is 2.31. The molecule has 8 heteroatoms. The minimum atomic E-state index is -3.41. The molecular weight excluding hydrogens is 354 g/mol. The summed E-state index contributed by atoms with van der Waals surface area (Å²) < 4.78 is 49.2. The monoisotopic (exact) mass is 373 g/mol. The molecule has 19 heavy (non-hydrogen) atoms. The van der Waals surface area contributed by atoms with Gasteiger partial charge in [-0.05, 0) is 19.3 Å². The summed E-state index contributed by atoms with van der Waals surface area (Å²) in [5.41, 5.74) is 0. The summed E-state index contributed by atoms with van der Waals surface area (Å²) in [6.07, 6.45) is 5.33. The first-order valence-corrected chi connectivity index (χ1v) is 11.2. The van der Waals surface area contributed by atoms with Crippen LogP contribution < -0.4 is 0 Å². The van der Waals surface area contributed by atoms with E-state index in [4.69, 9.17) is 0 Å². The first kappa shape index (κ1) is 15.7. The molecule has 2 aliphatic rings. The molecule has 1 atom stereocenters. The molecule has 0 bridgehead atoms. The van der Waals surface area contributed by atoms with Gasteiger partial charge in [0.1, 0.15) is 4.66 Å². The number of rotatable bonds is 4. The zero-order valence-corrected chi connectivity index (χ0v) is 14.0. The van der Waals surface area contributed by atoms with Crippen LogP contribution in [0.2, 0.25) is 0 Å². The Kier molecular flexibility index (Phi) is 4.96. The highest BCUT2D eigenvalue weighted by Gasteiger charge is 2.41. The van der Waals surface area contributed by atoms with E-state index in [0.717, 1.165) is 32.1 Å². The number of hydrogen-bond donors (Lipinski definition) is 0. The summed E-state index contributed by atoms with van der Waals surface area (Å²) >= 11 is 3.03. The van der Waals surface area contributed by atoms with Crippen LogP contribution in [-0.4, -0.2) is 49.4 Å². The highest BCUT2D eigenvalue weighted by molar-refractivity contribution is 9.10. The third-order valence-corrected chi connectivity index (χ3v) is 8.96. The summed E-state index contributed by atoms with van der Waals surface area (Å²) in [6.45, 7) is 0. The van der Waals surface area contributed by atoms with Crippen molar-refractivity contribution < 1.29 is 16.8 Å². The van der Waals surface area contributed by atoms with Crippen LogP contribution in [0.25, 0.3) is 0 Å². The Bertz CT molecular complexity index is 511. The fourth-order valence-electron chi connectivity index (χ4n) is 3.12. The molecule has 1 saturated heterocycles. The van der Waals surface area contributed by atoms with Crippen LogP contribution >= 0.6 is 15.9 Å². The van der Waals surface area contributed by atoms with Gasteiger partial charge in [-0.25, -0.2) is 16.8 Å². The fraction of sp³-hybridized carbons (Fsp3) is 1.00. The highest BCUT2D eigenvalue weighted by atomic mass is 79.9. The van der Waals surface area contributed by atoms with Crippen molar-refractivity contribution in [2.24, 2.45) is 0 Å². The van der Waals surface area contributed by atoms with Crippen molar-refractivity contribution in [1.29, 1.82) is 0 Å². The summed E-state index contributed by atoms with van der Waals surface area (Å²) in [5.74, 6) is 0.0917. The Morgan fingerprint density at radius 1 is 1.05 bits per heavy atom. The van der Waals surface area contributed by atoms with Crippen molar-refractivity contribution in [3.63, 3.8) is 0 Å². The van der Waals surface area contributed by atoms with Gasteiger partial charge in [0.25, 0.3) is 0 Å². The van der Waals surface area contributed by atoms with Crippen LogP contribution in [0.1, 0.15) is 38.5 Å². The molecule has 0 aromatic carbocycles. The number of nitrogens with zero attached hydrogens (tertiary/aromatic N) is 1. The molecule has 2 fully saturated rings. The molecule has 5 nitrogen and oxygen atoms in total. The number of sulfone groups is 1. The summed E-state index contributed by atoms with van der Waals surface area (Å²) in [6, 6.07) is -0.384. The van der Waals surface area contributed by atoms with E-state index in [0.29, 0.717) is 6.42 Å². The lowest BCUT2D eigenvalue weighted by Crippen LogP contribution is -2.48. The Labute approximate surface area is 123 Å². The minimum Gasteiger partial charge on any atom is -0.229 e. The molecule has 1 unspecified atom stereocenters. The van der Waals surface area contributed by atoms with Crippen molar-refractivity contribution in [1.82, 2.24) is 4.31 Å². The maximum absolute atomic E-state index is 12.3. The van der Waals surface area contributed by atoms with E-state index in [1.807, 2.05) is 0 Å². The molecule has 0 radical (unpaired) electrons. The lowest BCUT2D eigenvalue weighted by atomic mass is 9.95. The summed E-state index contributed by atoms with van der Waals surface area (Å²) in [5, 5.41) is 0. The molecule has 1 aliphatic heterocycles. The van der Waals surface area contributed by atoms with Gasteiger partial charge in [-0.2, -0.15) is 4.31 Å². The van der Waals surface area contributed by atoms with Crippen LogP contribution in [0, 0.1) is 0 Å². The van der Waals surface area contributed by atoms with Gasteiger partial charge in [0.05, 0.1) is 11.5 Å². The van der Waals surface area contributed by atoms with Gasteiger partial charge >= 0.3 is 0 Å². The third-order valence-electron chi connectivity index (χ3n) is 3.96. The Morgan fingerprint density at radius 3 is 2.16 bits per heavy atom. The second-order valence-electron chi connectivity index (χ2n) is 5.40. The second-order valence-corrected chi connectivity index (χ2v) is 10.8. The van der Waals surface area contributed by atoms with E-state index in [2.05, 4.69) is 15.9 Å². The van der Waals surface area contributed by atoms with Crippen molar-refractivity contribution in [2.75, 3.05) is 16.2 Å². The van der Waals surface area contributed by atoms with Crippen molar-refractivity contribution in [2.45, 2.75) is 50.6 Å². The zero-order chi connectivity index (χ0) is 14.1. The maximum Gasteiger partial charge on any atom is 0.224 e. The molecule has 1 heterocycles. The van der Waals surface area contributed by atoms with Gasteiger partial charge in [0, 0.05) is 12.1 Å². The molecule has 0 N–H and O–H groups in total. The van der Waals surface area contributed by atoms with Gasteiger partial charge < -0.3 is 0 Å². The zero-order valence-electron chi connectivity index (χ0n) is 10.8. The topological polar surface area (TPSA) is 71.5 Å². The van der Waals surface area contributed by atoms with E-state index in [9.17, 15) is 16.8 Å². The maximum atomic E-state index is 12.3. The first-order valence-electron chi connectivity index (χ1n) is 6.63. The van der Waals surface area contributed by atoms with Gasteiger partial charge in [0.2, 0.25) is 10.0 Å². The van der Waals surface area contributed by atoms with Crippen LogP contribution in [-0.2, 0) is 19.9 Å². The van der Waals surface area contributed by atoms with Crippen LogP contribution in [0.5, 0.6) is 0 Å². The predicted molar refractivity (Wildman–Crippen MR) is 78.5 cm³/mol. The molecule has 0 amide bonds. The largest absolute Gasteiger partial charge is 0.229 e. The SMILES string of the molecule is O=S1(=O)CCC(N(C2CCCCC2)S(=O)(=O)CBr)C1. The van der Waals surface area contributed by atoms with Gasteiger partial charge in [-0.1, -0.05) is 35.2 Å². The fourth-order valence-corrected chi connectivity index (χ4v) is 7.05. The molecule has 1 saturated carbocycles. The third kappa shape index (κ3) is 3.71. The van der Waals surface area contributed by atoms with Crippen LogP contribution in [0.3, 0.4) is 0 Å². The smallest absolute Gasteiger partial charge is 0.224 e. The van der Waals surface area contributed by atoms with E-state index >= 15 is 0 Å². The van der Waals surface area contributed by atoms with E-state index in [-0.39, 0.29) is 28.3 Å². The van der Waals surface area contributed by atoms with Crippen molar-refractivity contribution in [3.05, 3.63) is 0 Å². The molecule has 0 spiro atoms. The average Bonchev–Trinajstić information content (AvgIpc) is 2.70. The molecule has 0 aromatic heterocycles. The normalized spacial score (nSPS) is 28.8. The van der Waals surface area contributed by atoms with Gasteiger partial charge in [-0.15, -0.1) is 0 Å². The number of alkyl halides is 1. The van der Waals surface area contributed by atoms with Crippen LogP contribution in [0.4, 0.5) is 0 Å². The molecule has 2 rings (SSSR count). The van der Waals surface area contributed by atoms with E-state index in [1.54, 1.807) is 0 Å². The molecule has 0 aromatic rings. The lowest BCUT2D eigenvalue weighted by molar-refractivity contribution is 0.214. The number of hydrogen-bond acceptors (Lipinski definition) is 4. The van der Waals surface area contributed by atoms with E-state index in [1.165, 1.54) is 4.31 Å². The van der Waals surface area contributed by atoms with Gasteiger partial charge in [-0.3, -0.25) is 0 Å². The summed E-state index contributed by atoms with van der Waals surface area (Å²) in [4.78, 5) is 0. The minimum absolute atomic E-state index is 0.0181. The molecular formula is C11H20BrNO4S2. The standard InChI is InChI=1S/C11H20BrNO4S2/c12-9-19(16,17)13(10-4-2-1-3-5-10)11-6-7-18(14,15)8-11/h10-11H,1-9H2. The van der Waals surface area contributed by atoms with Crippen molar-refractivity contribution >= 4 is 35.8 Å². The lowest BCUT2D eigenvalue weighted by Gasteiger charge is -2.36. The Hall–Kier alpha value is 0.340. The van der Waals surface area contributed by atoms with Crippen molar-refractivity contribution in [3.8, 4) is 0 Å². The average molecular weight is 374 g/mol. The summed E-state index contributed by atoms with van der Waals surface area (Å²) in [7, 11) is -6.48. The Morgan fingerprint density at radius 2 is 1.68 bits per heavy atom. The van der Waals surface area contributed by atoms with Crippen LogP contribution in [0.15, 0.2) is 0 Å². The number of halogens is 1. The Balaban J connectivity index is 2.24. The van der Waals surface area contributed by atoms with Gasteiger partial charge in [0.15, 0.2) is 9.84 Å².